The third-order valence-electron chi connectivity index (χ3n) is 5.20. The van der Waals surface area contributed by atoms with E-state index in [0.29, 0.717) is 28.3 Å². The van der Waals surface area contributed by atoms with Crippen molar-refractivity contribution < 1.29 is 9.53 Å². The number of nitriles is 1. The molecule has 3 aromatic rings. The molecule has 1 aliphatic carbocycles. The first kappa shape index (κ1) is 19.8. The average Bonchev–Trinajstić information content (AvgIpc) is 3.50. The smallest absolute Gasteiger partial charge is 0.272 e. The Kier molecular flexibility index (Phi) is 5.08. The summed E-state index contributed by atoms with van der Waals surface area (Å²) in [7, 11) is 1.51. The van der Waals surface area contributed by atoms with Gasteiger partial charge >= 0.3 is 0 Å². The van der Waals surface area contributed by atoms with Gasteiger partial charge in [0.15, 0.2) is 16.9 Å². The fourth-order valence-electron chi connectivity index (χ4n) is 3.59. The summed E-state index contributed by atoms with van der Waals surface area (Å²) in [4.78, 5) is 30.5. The number of carbonyl (C=O) groups excluding carboxylic acids is 1. The molecule has 0 radical (unpaired) electrons. The van der Waals surface area contributed by atoms with E-state index in [1.807, 2.05) is 25.3 Å². The van der Waals surface area contributed by atoms with Crippen LogP contribution in [0.4, 0.5) is 0 Å². The van der Waals surface area contributed by atoms with Gasteiger partial charge in [-0.25, -0.2) is 15.0 Å². The fourth-order valence-corrected chi connectivity index (χ4v) is 3.59. The molecule has 9 nitrogen and oxygen atoms in total. The van der Waals surface area contributed by atoms with Crippen LogP contribution in [-0.4, -0.2) is 37.5 Å². The first-order chi connectivity index (χ1) is 14.4. The van der Waals surface area contributed by atoms with Crippen LogP contribution in [-0.2, 0) is 0 Å². The van der Waals surface area contributed by atoms with Gasteiger partial charge in [0.25, 0.3) is 5.91 Å². The highest BCUT2D eigenvalue weighted by atomic mass is 16.5. The Morgan fingerprint density at radius 3 is 2.60 bits per heavy atom. The summed E-state index contributed by atoms with van der Waals surface area (Å²) >= 11 is 0. The van der Waals surface area contributed by atoms with Crippen LogP contribution in [0.15, 0.2) is 18.6 Å². The van der Waals surface area contributed by atoms with Gasteiger partial charge in [0.1, 0.15) is 23.2 Å². The molecule has 4 rings (SSSR count). The molecule has 1 N–H and O–H groups in total. The Hall–Kier alpha value is -3.54. The summed E-state index contributed by atoms with van der Waals surface area (Å²) in [6, 6.07) is 1.85. The fraction of sp³-hybridized carbons (Fsp3) is 0.429. The molecule has 1 amide bonds. The molecule has 0 aliphatic heterocycles. The van der Waals surface area contributed by atoms with Crippen LogP contribution in [0.2, 0.25) is 0 Å². The molecule has 1 fully saturated rings. The number of fused-ring (bicyclic) bond motifs is 1. The number of carbonyl (C=O) groups is 1. The van der Waals surface area contributed by atoms with Crippen molar-refractivity contribution in [2.24, 2.45) is 5.92 Å². The molecule has 3 heterocycles. The monoisotopic (exact) mass is 405 g/mol. The lowest BCUT2D eigenvalue weighted by Gasteiger charge is -2.21. The molecule has 0 bridgehead atoms. The van der Waals surface area contributed by atoms with Crippen molar-refractivity contribution in [1.29, 1.82) is 5.26 Å². The number of methoxy groups -OCH3 is 1. The van der Waals surface area contributed by atoms with Crippen LogP contribution >= 0.6 is 0 Å². The Bertz CT molecular complexity index is 1140. The van der Waals surface area contributed by atoms with Crippen molar-refractivity contribution >= 4 is 17.1 Å². The van der Waals surface area contributed by atoms with Gasteiger partial charge in [0.2, 0.25) is 0 Å². The molecule has 9 heteroatoms. The first-order valence-corrected chi connectivity index (χ1v) is 9.89. The normalized spacial score (nSPS) is 14.5. The van der Waals surface area contributed by atoms with E-state index in [-0.39, 0.29) is 29.6 Å². The molecular formula is C21H23N7O2. The van der Waals surface area contributed by atoms with E-state index in [0.717, 1.165) is 18.5 Å². The number of hydrogen-bond acceptors (Lipinski definition) is 7. The zero-order chi connectivity index (χ0) is 21.4. The molecule has 1 aliphatic rings. The highest BCUT2D eigenvalue weighted by Gasteiger charge is 2.38. The van der Waals surface area contributed by atoms with Crippen LogP contribution < -0.4 is 10.1 Å². The van der Waals surface area contributed by atoms with E-state index in [4.69, 9.17) is 9.72 Å². The minimum absolute atomic E-state index is 0.0486. The van der Waals surface area contributed by atoms with Crippen molar-refractivity contribution in [3.8, 4) is 11.8 Å². The van der Waals surface area contributed by atoms with E-state index >= 15 is 0 Å². The van der Waals surface area contributed by atoms with E-state index in [1.165, 1.54) is 19.5 Å². The number of nitrogens with one attached hydrogen (secondary N) is 1. The summed E-state index contributed by atoms with van der Waals surface area (Å²) in [5, 5.41) is 12.5. The number of hydrogen-bond donors (Lipinski definition) is 1. The van der Waals surface area contributed by atoms with Crippen molar-refractivity contribution in [3.05, 3.63) is 41.4 Å². The Morgan fingerprint density at radius 1 is 1.27 bits per heavy atom. The molecule has 154 valence electrons. The van der Waals surface area contributed by atoms with E-state index < -0.39 is 0 Å². The molecule has 0 unspecified atom stereocenters. The quantitative estimate of drug-likeness (QED) is 0.670. The van der Waals surface area contributed by atoms with Gasteiger partial charge in [-0.2, -0.15) is 5.26 Å². The van der Waals surface area contributed by atoms with Crippen LogP contribution in [0.25, 0.3) is 11.2 Å². The highest BCUT2D eigenvalue weighted by molar-refractivity contribution is 5.92. The van der Waals surface area contributed by atoms with E-state index in [1.54, 1.807) is 6.20 Å². The zero-order valence-electron chi connectivity index (χ0n) is 17.4. The average molecular weight is 405 g/mol. The van der Waals surface area contributed by atoms with E-state index in [2.05, 4.69) is 26.3 Å². The van der Waals surface area contributed by atoms with Crippen LogP contribution in [0.3, 0.4) is 0 Å². The summed E-state index contributed by atoms with van der Waals surface area (Å²) in [6.07, 6.45) is 6.55. The van der Waals surface area contributed by atoms with Gasteiger partial charge < -0.3 is 14.6 Å². The minimum atomic E-state index is -0.299. The largest absolute Gasteiger partial charge is 0.493 e. The van der Waals surface area contributed by atoms with Gasteiger partial charge in [-0.3, -0.25) is 9.78 Å². The Labute approximate surface area is 174 Å². The van der Waals surface area contributed by atoms with Crippen molar-refractivity contribution in [1.82, 2.24) is 29.8 Å². The van der Waals surface area contributed by atoms with Gasteiger partial charge in [-0.05, 0) is 39.5 Å². The van der Waals surface area contributed by atoms with Gasteiger partial charge in [-0.15, -0.1) is 0 Å². The number of imidazole rings is 1. The third kappa shape index (κ3) is 3.45. The van der Waals surface area contributed by atoms with Crippen LogP contribution in [0, 0.1) is 24.2 Å². The third-order valence-corrected chi connectivity index (χ3v) is 5.20. The summed E-state index contributed by atoms with van der Waals surface area (Å²) in [5.74, 6) is 1.09. The Balaban J connectivity index is 1.80. The van der Waals surface area contributed by atoms with Crippen LogP contribution in [0.5, 0.6) is 5.75 Å². The number of nitrogens with zero attached hydrogens (tertiary/aromatic N) is 6. The number of rotatable bonds is 6. The van der Waals surface area contributed by atoms with Gasteiger partial charge in [-0.1, -0.05) is 0 Å². The topological polar surface area (TPSA) is 119 Å². The molecule has 0 saturated heterocycles. The Morgan fingerprint density at radius 2 is 2.03 bits per heavy atom. The molecule has 1 atom stereocenters. The number of amides is 1. The van der Waals surface area contributed by atoms with Crippen LogP contribution in [0.1, 0.15) is 66.3 Å². The second-order valence-electron chi connectivity index (χ2n) is 7.75. The van der Waals surface area contributed by atoms with Crippen molar-refractivity contribution in [3.63, 3.8) is 0 Å². The van der Waals surface area contributed by atoms with Gasteiger partial charge in [0.05, 0.1) is 31.2 Å². The number of aryl methyl sites for hydroxylation is 1. The molecule has 1 saturated carbocycles. The second kappa shape index (κ2) is 7.71. The number of pyridine rings is 1. The van der Waals surface area contributed by atoms with Crippen molar-refractivity contribution in [2.75, 3.05) is 7.11 Å². The molecule has 0 aromatic carbocycles. The zero-order valence-corrected chi connectivity index (χ0v) is 17.4. The lowest BCUT2D eigenvalue weighted by Crippen LogP contribution is -2.33. The molecule has 30 heavy (non-hydrogen) atoms. The minimum Gasteiger partial charge on any atom is -0.493 e. The summed E-state index contributed by atoms with van der Waals surface area (Å²) in [5.41, 5.74) is 2.49. The number of ether oxygens (including phenoxy) is 1. The maximum absolute atomic E-state index is 12.9. The SMILES string of the molecule is COc1c(C#N)cnc2c1nc([C@@H](NC(=O)c1cnc(C)cn1)C1CC1)n2C(C)C. The highest BCUT2D eigenvalue weighted by Crippen LogP contribution is 2.43. The molecular weight excluding hydrogens is 382 g/mol. The standard InChI is InChI=1S/C21H23N7O2/c1-11(2)28-19-17(18(30-4)14(7-22)9-25-19)26-20(28)16(13-5-6-13)27-21(29)15-10-23-12(3)8-24-15/h8-11,13,16H,5-6H2,1-4H3,(H,27,29)/t16-/m0/s1. The lowest BCUT2D eigenvalue weighted by molar-refractivity contribution is 0.0923. The maximum Gasteiger partial charge on any atom is 0.272 e. The van der Waals surface area contributed by atoms with Crippen molar-refractivity contribution in [2.45, 2.75) is 45.7 Å². The lowest BCUT2D eigenvalue weighted by atomic mass is 10.1. The maximum atomic E-state index is 12.9. The first-order valence-electron chi connectivity index (χ1n) is 9.89. The predicted molar refractivity (Wildman–Crippen MR) is 109 cm³/mol. The number of aromatic nitrogens is 5. The second-order valence-corrected chi connectivity index (χ2v) is 7.75. The summed E-state index contributed by atoms with van der Waals surface area (Å²) in [6.45, 7) is 5.89. The predicted octanol–water partition coefficient (Wildman–Crippen LogP) is 2.87. The summed E-state index contributed by atoms with van der Waals surface area (Å²) < 4.78 is 7.47. The van der Waals surface area contributed by atoms with E-state index in [9.17, 15) is 10.1 Å². The van der Waals surface area contributed by atoms with Gasteiger partial charge in [0, 0.05) is 12.2 Å². The molecule has 0 spiro atoms. The molecule has 3 aromatic heterocycles.